The number of Topliss-reactive ketones (excluding diaryl/α,β-unsaturated/α-hetero) is 1. The maximum atomic E-state index is 13.7. The number of ketones is 1. The summed E-state index contributed by atoms with van der Waals surface area (Å²) in [6, 6.07) is 10.9. The van der Waals surface area contributed by atoms with Gasteiger partial charge in [0.1, 0.15) is 10.6 Å². The maximum absolute atomic E-state index is 13.7. The Balaban J connectivity index is 1.58. The topological polar surface area (TPSA) is 61.2 Å². The summed E-state index contributed by atoms with van der Waals surface area (Å²) in [7, 11) is 0. The standard InChI is InChI=1S/C23H19ClN2O3S3/c1-2-29-14-8-6-13(7-9-14)26-22(28)20-15-4-3-5-17(15)32-21(20)25-23(26)30-12-16(27)18-10-11-19(24)31-18/h6-11H,2-5,12H2,1H3. The zero-order chi connectivity index (χ0) is 22.2. The minimum Gasteiger partial charge on any atom is -0.494 e. The van der Waals surface area contributed by atoms with E-state index in [1.165, 1.54) is 28.0 Å². The number of thioether (sulfide) groups is 1. The van der Waals surface area contributed by atoms with Gasteiger partial charge in [0.15, 0.2) is 10.9 Å². The highest BCUT2D eigenvalue weighted by molar-refractivity contribution is 7.99. The molecule has 0 amide bonds. The molecule has 3 aromatic heterocycles. The third-order valence-electron chi connectivity index (χ3n) is 5.29. The van der Waals surface area contributed by atoms with Crippen molar-refractivity contribution in [2.45, 2.75) is 31.3 Å². The number of rotatable bonds is 7. The van der Waals surface area contributed by atoms with Crippen molar-refractivity contribution in [2.24, 2.45) is 0 Å². The van der Waals surface area contributed by atoms with Crippen molar-refractivity contribution < 1.29 is 9.53 Å². The molecule has 3 heterocycles. The molecule has 0 spiro atoms. The SMILES string of the molecule is CCOc1ccc(-n2c(SCC(=O)c3ccc(Cl)s3)nc3sc4c(c3c2=O)CCC4)cc1. The van der Waals surface area contributed by atoms with Crippen molar-refractivity contribution in [3.8, 4) is 11.4 Å². The van der Waals surface area contributed by atoms with Crippen molar-refractivity contribution >= 4 is 62.0 Å². The minimum atomic E-state index is -0.0762. The molecule has 5 nitrogen and oxygen atoms in total. The van der Waals surface area contributed by atoms with Gasteiger partial charge in [0.2, 0.25) is 0 Å². The van der Waals surface area contributed by atoms with Crippen LogP contribution in [0.25, 0.3) is 15.9 Å². The summed E-state index contributed by atoms with van der Waals surface area (Å²) >= 11 is 10.1. The Labute approximate surface area is 202 Å². The van der Waals surface area contributed by atoms with Gasteiger partial charge < -0.3 is 4.74 Å². The summed E-state index contributed by atoms with van der Waals surface area (Å²) in [6.45, 7) is 2.50. The average molecular weight is 503 g/mol. The van der Waals surface area contributed by atoms with Crippen molar-refractivity contribution in [1.82, 2.24) is 9.55 Å². The summed E-state index contributed by atoms with van der Waals surface area (Å²) in [5, 5.41) is 1.24. The summed E-state index contributed by atoms with van der Waals surface area (Å²) in [4.78, 5) is 33.8. The number of thiophene rings is 2. The first-order valence-corrected chi connectivity index (χ1v) is 13.3. The molecule has 0 unspecified atom stereocenters. The highest BCUT2D eigenvalue weighted by Crippen LogP contribution is 2.36. The quantitative estimate of drug-likeness (QED) is 0.175. The lowest BCUT2D eigenvalue weighted by Gasteiger charge is -2.13. The lowest BCUT2D eigenvalue weighted by molar-refractivity contribution is 0.102. The number of benzene rings is 1. The number of carbonyl (C=O) groups is 1. The van der Waals surface area contributed by atoms with Crippen LogP contribution in [0.3, 0.4) is 0 Å². The van der Waals surface area contributed by atoms with Gasteiger partial charge in [-0.2, -0.15) is 0 Å². The predicted molar refractivity (Wildman–Crippen MR) is 133 cm³/mol. The first kappa shape index (κ1) is 21.7. The molecule has 1 aliphatic carbocycles. The third kappa shape index (κ3) is 4.01. The monoisotopic (exact) mass is 502 g/mol. The molecular formula is C23H19ClN2O3S3. The Morgan fingerprint density at radius 2 is 2.00 bits per heavy atom. The number of aromatic nitrogens is 2. The Morgan fingerprint density at radius 1 is 1.19 bits per heavy atom. The molecule has 1 aromatic carbocycles. The molecule has 32 heavy (non-hydrogen) atoms. The second-order valence-electron chi connectivity index (χ2n) is 7.31. The number of ether oxygens (including phenoxy) is 1. The van der Waals surface area contributed by atoms with Crippen LogP contribution in [0.2, 0.25) is 4.34 Å². The van der Waals surface area contributed by atoms with E-state index >= 15 is 0 Å². The van der Waals surface area contributed by atoms with Crippen LogP contribution in [0.15, 0.2) is 46.3 Å². The van der Waals surface area contributed by atoms with Gasteiger partial charge in [0.25, 0.3) is 5.56 Å². The van der Waals surface area contributed by atoms with Crippen LogP contribution in [0.4, 0.5) is 0 Å². The minimum absolute atomic E-state index is 0.0341. The van der Waals surface area contributed by atoms with Gasteiger partial charge in [-0.25, -0.2) is 4.98 Å². The number of hydrogen-bond donors (Lipinski definition) is 0. The molecule has 0 atom stereocenters. The summed E-state index contributed by atoms with van der Waals surface area (Å²) in [5.41, 5.74) is 1.77. The Kier molecular flexibility index (Phi) is 6.11. The number of nitrogens with zero attached hydrogens (tertiary/aromatic N) is 2. The van der Waals surface area contributed by atoms with Gasteiger partial charge in [-0.1, -0.05) is 23.4 Å². The number of hydrogen-bond acceptors (Lipinski definition) is 7. The fraction of sp³-hybridized carbons (Fsp3) is 0.261. The molecule has 4 aromatic rings. The zero-order valence-corrected chi connectivity index (χ0v) is 20.4. The highest BCUT2D eigenvalue weighted by Gasteiger charge is 2.24. The molecule has 0 aliphatic heterocycles. The van der Waals surface area contributed by atoms with Gasteiger partial charge in [0.05, 0.1) is 32.6 Å². The fourth-order valence-electron chi connectivity index (χ4n) is 3.87. The maximum Gasteiger partial charge on any atom is 0.267 e. The van der Waals surface area contributed by atoms with Gasteiger partial charge in [0, 0.05) is 4.88 Å². The van der Waals surface area contributed by atoms with E-state index in [2.05, 4.69) is 0 Å². The fourth-order valence-corrected chi connectivity index (χ4v) is 7.14. The highest BCUT2D eigenvalue weighted by atomic mass is 35.5. The summed E-state index contributed by atoms with van der Waals surface area (Å²) in [5.74, 6) is 0.888. The van der Waals surface area contributed by atoms with Gasteiger partial charge >= 0.3 is 0 Å². The van der Waals surface area contributed by atoms with Crippen LogP contribution >= 0.6 is 46.0 Å². The van der Waals surface area contributed by atoms with E-state index in [0.717, 1.165) is 40.8 Å². The van der Waals surface area contributed by atoms with E-state index in [1.807, 2.05) is 31.2 Å². The molecule has 0 saturated carbocycles. The molecule has 1 aliphatic rings. The number of aryl methyl sites for hydroxylation is 2. The molecule has 5 rings (SSSR count). The molecule has 0 fully saturated rings. The first-order chi connectivity index (χ1) is 15.5. The van der Waals surface area contributed by atoms with Gasteiger partial charge in [-0.3, -0.25) is 14.2 Å². The van der Waals surface area contributed by atoms with Crippen LogP contribution in [0, 0.1) is 0 Å². The van der Waals surface area contributed by atoms with E-state index in [0.29, 0.717) is 26.7 Å². The van der Waals surface area contributed by atoms with Crippen LogP contribution in [-0.4, -0.2) is 27.7 Å². The lowest BCUT2D eigenvalue weighted by Crippen LogP contribution is -2.22. The van der Waals surface area contributed by atoms with Gasteiger partial charge in [-0.05, 0) is 68.1 Å². The first-order valence-electron chi connectivity index (χ1n) is 10.3. The molecule has 0 N–H and O–H groups in total. The molecule has 0 bridgehead atoms. The van der Waals surface area contributed by atoms with Crippen LogP contribution < -0.4 is 10.3 Å². The van der Waals surface area contributed by atoms with E-state index < -0.39 is 0 Å². The van der Waals surface area contributed by atoms with Crippen molar-refractivity contribution in [3.63, 3.8) is 0 Å². The second kappa shape index (κ2) is 9.02. The summed E-state index contributed by atoms with van der Waals surface area (Å²) < 4.78 is 7.75. The smallest absolute Gasteiger partial charge is 0.267 e. The third-order valence-corrected chi connectivity index (χ3v) is 8.69. The zero-order valence-electron chi connectivity index (χ0n) is 17.2. The largest absolute Gasteiger partial charge is 0.494 e. The van der Waals surface area contributed by atoms with Crippen molar-refractivity contribution in [1.29, 1.82) is 0 Å². The lowest BCUT2D eigenvalue weighted by atomic mass is 10.2. The Hall–Kier alpha value is -2.13. The van der Waals surface area contributed by atoms with Crippen LogP contribution in [0.5, 0.6) is 5.75 Å². The molecule has 164 valence electrons. The van der Waals surface area contributed by atoms with Crippen LogP contribution in [-0.2, 0) is 12.8 Å². The van der Waals surface area contributed by atoms with E-state index in [9.17, 15) is 9.59 Å². The molecule has 0 saturated heterocycles. The predicted octanol–water partition coefficient (Wildman–Crippen LogP) is 6.02. The van der Waals surface area contributed by atoms with Crippen molar-refractivity contribution in [2.75, 3.05) is 12.4 Å². The number of halogens is 1. The van der Waals surface area contributed by atoms with Crippen molar-refractivity contribution in [3.05, 3.63) is 66.4 Å². The number of carbonyl (C=O) groups excluding carboxylic acids is 1. The molecular weight excluding hydrogens is 484 g/mol. The normalized spacial score (nSPS) is 12.9. The van der Waals surface area contributed by atoms with E-state index in [4.69, 9.17) is 21.3 Å². The van der Waals surface area contributed by atoms with E-state index in [-0.39, 0.29) is 17.1 Å². The Bertz CT molecular complexity index is 1370. The van der Waals surface area contributed by atoms with E-state index in [1.54, 1.807) is 28.0 Å². The Morgan fingerprint density at radius 3 is 2.72 bits per heavy atom. The number of fused-ring (bicyclic) bond motifs is 3. The molecule has 9 heteroatoms. The van der Waals surface area contributed by atoms with Crippen LogP contribution in [0.1, 0.15) is 33.5 Å². The second-order valence-corrected chi connectivity index (χ2v) is 11.1. The average Bonchev–Trinajstić information content (AvgIpc) is 3.49. The van der Waals surface area contributed by atoms with Gasteiger partial charge in [-0.15, -0.1) is 22.7 Å². The molecule has 0 radical (unpaired) electrons. The summed E-state index contributed by atoms with van der Waals surface area (Å²) in [6.07, 6.45) is 2.99.